The third-order valence-electron chi connectivity index (χ3n) is 4.71. The van der Waals surface area contributed by atoms with Crippen LogP contribution in [0.15, 0.2) is 18.2 Å². The van der Waals surface area contributed by atoms with E-state index >= 15 is 0 Å². The Labute approximate surface area is 149 Å². The molecule has 1 aromatic rings. The largest absolute Gasteiger partial charge is 0.494 e. The van der Waals surface area contributed by atoms with Crippen LogP contribution in [0, 0.1) is 6.92 Å². The Kier molecular flexibility index (Phi) is 5.49. The lowest BCUT2D eigenvalue weighted by Crippen LogP contribution is -2.58. The van der Waals surface area contributed by atoms with Gasteiger partial charge < -0.3 is 24.4 Å². The molecule has 2 saturated heterocycles. The minimum Gasteiger partial charge on any atom is -0.494 e. The molecule has 25 heavy (non-hydrogen) atoms. The fourth-order valence-electron chi connectivity index (χ4n) is 3.57. The van der Waals surface area contributed by atoms with Crippen molar-refractivity contribution < 1.29 is 19.0 Å². The number of carbonyl (C=O) groups is 1. The smallest absolute Gasteiger partial charge is 0.317 e. The van der Waals surface area contributed by atoms with E-state index in [4.69, 9.17) is 14.2 Å². The van der Waals surface area contributed by atoms with E-state index < -0.39 is 0 Å². The summed E-state index contributed by atoms with van der Waals surface area (Å²) in [5.41, 5.74) is 1.79. The van der Waals surface area contributed by atoms with E-state index in [0.29, 0.717) is 39.5 Å². The van der Waals surface area contributed by atoms with Crippen molar-refractivity contribution in [1.82, 2.24) is 10.2 Å². The molecular weight excluding hydrogens is 320 g/mol. The number of hydrogen-bond acceptors (Lipinski definition) is 4. The second kappa shape index (κ2) is 7.62. The number of nitrogens with zero attached hydrogens (tertiary/aromatic N) is 1. The molecule has 2 atom stereocenters. The van der Waals surface area contributed by atoms with E-state index in [1.54, 1.807) is 0 Å². The zero-order valence-corrected chi connectivity index (χ0v) is 15.3. The molecule has 6 nitrogen and oxygen atoms in total. The van der Waals surface area contributed by atoms with Crippen LogP contribution in [-0.2, 0) is 16.0 Å². The van der Waals surface area contributed by atoms with Gasteiger partial charge in [-0.25, -0.2) is 4.79 Å². The Morgan fingerprint density at radius 2 is 2.32 bits per heavy atom. The van der Waals surface area contributed by atoms with Crippen LogP contribution in [0.1, 0.15) is 31.4 Å². The lowest BCUT2D eigenvalue weighted by Gasteiger charge is -2.42. The zero-order valence-electron chi connectivity index (χ0n) is 15.3. The van der Waals surface area contributed by atoms with E-state index in [0.717, 1.165) is 23.3 Å². The number of carbonyl (C=O) groups excluding carboxylic acids is 1. The molecule has 0 aliphatic carbocycles. The average molecular weight is 348 g/mol. The summed E-state index contributed by atoms with van der Waals surface area (Å²) in [5, 5.41) is 3.02. The Morgan fingerprint density at radius 3 is 3.04 bits per heavy atom. The van der Waals surface area contributed by atoms with Gasteiger partial charge in [-0.05, 0) is 32.4 Å². The van der Waals surface area contributed by atoms with Crippen molar-refractivity contribution in [2.75, 3.05) is 32.9 Å². The summed E-state index contributed by atoms with van der Waals surface area (Å²) in [4.78, 5) is 14.5. The van der Waals surface area contributed by atoms with Gasteiger partial charge in [-0.1, -0.05) is 12.1 Å². The first-order chi connectivity index (χ1) is 12.0. The summed E-state index contributed by atoms with van der Waals surface area (Å²) in [7, 11) is 0. The molecule has 2 fully saturated rings. The van der Waals surface area contributed by atoms with E-state index in [9.17, 15) is 4.79 Å². The van der Waals surface area contributed by atoms with Crippen LogP contribution in [0.2, 0.25) is 0 Å². The molecule has 2 aliphatic rings. The van der Waals surface area contributed by atoms with Crippen LogP contribution in [0.5, 0.6) is 5.75 Å². The van der Waals surface area contributed by atoms with Gasteiger partial charge in [0.15, 0.2) is 0 Å². The Morgan fingerprint density at radius 1 is 1.48 bits per heavy atom. The van der Waals surface area contributed by atoms with E-state index in [-0.39, 0.29) is 17.7 Å². The molecule has 1 aromatic carbocycles. The molecule has 0 unspecified atom stereocenters. The molecule has 3 rings (SSSR count). The van der Waals surface area contributed by atoms with Crippen LogP contribution in [0.4, 0.5) is 4.79 Å². The number of ether oxygens (including phenoxy) is 3. The maximum absolute atomic E-state index is 12.7. The van der Waals surface area contributed by atoms with Crippen molar-refractivity contribution in [3.63, 3.8) is 0 Å². The van der Waals surface area contributed by atoms with E-state index in [1.807, 2.05) is 43.9 Å². The highest BCUT2D eigenvalue weighted by atomic mass is 16.6. The topological polar surface area (TPSA) is 60.0 Å². The minimum absolute atomic E-state index is 0.0135. The fourth-order valence-corrected chi connectivity index (χ4v) is 3.57. The molecule has 1 spiro atoms. The Bertz CT molecular complexity index is 613. The third-order valence-corrected chi connectivity index (χ3v) is 4.71. The highest BCUT2D eigenvalue weighted by molar-refractivity contribution is 5.74. The summed E-state index contributed by atoms with van der Waals surface area (Å²) in [6.07, 6.45) is 0.854. The molecule has 138 valence electrons. The number of rotatable bonds is 4. The Balaban J connectivity index is 1.62. The van der Waals surface area contributed by atoms with Crippen LogP contribution < -0.4 is 10.1 Å². The summed E-state index contributed by atoms with van der Waals surface area (Å²) >= 11 is 0. The molecule has 0 saturated carbocycles. The molecule has 0 bridgehead atoms. The third kappa shape index (κ3) is 4.25. The molecule has 2 amide bonds. The molecule has 6 heteroatoms. The van der Waals surface area contributed by atoms with E-state index in [2.05, 4.69) is 5.32 Å². The van der Waals surface area contributed by atoms with Crippen molar-refractivity contribution in [2.24, 2.45) is 0 Å². The average Bonchev–Trinajstić information content (AvgIpc) is 3.00. The summed E-state index contributed by atoms with van der Waals surface area (Å²) in [6.45, 7) is 9.49. The monoisotopic (exact) mass is 348 g/mol. The molecule has 2 aliphatic heterocycles. The highest BCUT2D eigenvalue weighted by Gasteiger charge is 2.44. The van der Waals surface area contributed by atoms with Gasteiger partial charge in [0, 0.05) is 31.7 Å². The van der Waals surface area contributed by atoms with Crippen LogP contribution in [-0.4, -0.2) is 55.5 Å². The number of benzene rings is 1. The van der Waals surface area contributed by atoms with Crippen molar-refractivity contribution in [3.05, 3.63) is 29.3 Å². The van der Waals surface area contributed by atoms with Crippen molar-refractivity contribution in [3.8, 4) is 5.75 Å². The number of aryl methyl sites for hydroxylation is 1. The molecule has 2 heterocycles. The number of morpholine rings is 1. The van der Waals surface area contributed by atoms with Crippen molar-refractivity contribution >= 4 is 6.03 Å². The predicted octanol–water partition coefficient (Wildman–Crippen LogP) is 2.48. The predicted molar refractivity (Wildman–Crippen MR) is 94.9 cm³/mol. The molecule has 1 N–H and O–H groups in total. The maximum Gasteiger partial charge on any atom is 0.317 e. The van der Waals surface area contributed by atoms with Gasteiger partial charge in [-0.2, -0.15) is 0 Å². The minimum atomic E-state index is -0.338. The summed E-state index contributed by atoms with van der Waals surface area (Å²) in [5.74, 6) is 0.832. The van der Waals surface area contributed by atoms with Gasteiger partial charge in [-0.15, -0.1) is 0 Å². The van der Waals surface area contributed by atoms with Gasteiger partial charge in [0.25, 0.3) is 0 Å². The second-order valence-electron chi connectivity index (χ2n) is 7.00. The molecule has 0 radical (unpaired) electrons. The number of urea groups is 1. The lowest BCUT2D eigenvalue weighted by molar-refractivity contribution is -0.137. The first kappa shape index (κ1) is 18.0. The van der Waals surface area contributed by atoms with Crippen LogP contribution in [0.25, 0.3) is 0 Å². The second-order valence-corrected chi connectivity index (χ2v) is 7.00. The molecular formula is C19H28N2O4. The van der Waals surface area contributed by atoms with Gasteiger partial charge in [-0.3, -0.25) is 0 Å². The lowest BCUT2D eigenvalue weighted by atomic mass is 9.99. The van der Waals surface area contributed by atoms with Crippen LogP contribution >= 0.6 is 0 Å². The van der Waals surface area contributed by atoms with Gasteiger partial charge in [0.05, 0.1) is 25.9 Å². The van der Waals surface area contributed by atoms with Gasteiger partial charge in [0.2, 0.25) is 0 Å². The summed E-state index contributed by atoms with van der Waals surface area (Å²) < 4.78 is 17.3. The standard InChI is InChI=1S/C19H28N2O4/c1-4-24-17-9-14(2)5-6-16(17)10-20-18(22)21-11-15(3)25-19(12-21)7-8-23-13-19/h5-6,9,15H,4,7-8,10-13H2,1-3H3,(H,20,22)/t15-,19+/m0/s1. The first-order valence-electron chi connectivity index (χ1n) is 9.02. The van der Waals surface area contributed by atoms with Crippen molar-refractivity contribution in [2.45, 2.75) is 45.4 Å². The summed E-state index contributed by atoms with van der Waals surface area (Å²) in [6, 6.07) is 5.98. The van der Waals surface area contributed by atoms with Gasteiger partial charge in [0.1, 0.15) is 11.4 Å². The number of nitrogens with one attached hydrogen (secondary N) is 1. The Hall–Kier alpha value is -1.79. The number of hydrogen-bond donors (Lipinski definition) is 1. The normalized spacial score (nSPS) is 26.0. The van der Waals surface area contributed by atoms with Crippen molar-refractivity contribution in [1.29, 1.82) is 0 Å². The first-order valence-corrected chi connectivity index (χ1v) is 9.02. The zero-order chi connectivity index (χ0) is 17.9. The number of amides is 2. The van der Waals surface area contributed by atoms with Gasteiger partial charge >= 0.3 is 6.03 Å². The van der Waals surface area contributed by atoms with Crippen LogP contribution in [0.3, 0.4) is 0 Å². The maximum atomic E-state index is 12.7. The fraction of sp³-hybridized carbons (Fsp3) is 0.632. The quantitative estimate of drug-likeness (QED) is 0.908. The SMILES string of the molecule is CCOc1cc(C)ccc1CNC(=O)N1C[C@H](C)O[C@]2(CCOC2)C1. The van der Waals surface area contributed by atoms with E-state index in [1.165, 1.54) is 0 Å². The molecule has 0 aromatic heterocycles. The highest BCUT2D eigenvalue weighted by Crippen LogP contribution is 2.30.